The van der Waals surface area contributed by atoms with Crippen LogP contribution in [0.5, 0.6) is 0 Å². The number of rotatable bonds is 0. The summed E-state index contributed by atoms with van der Waals surface area (Å²) in [5, 5.41) is 0. The molecule has 0 aliphatic heterocycles. The quantitative estimate of drug-likeness (QED) is 0.153. The van der Waals surface area contributed by atoms with E-state index in [4.69, 9.17) is 36.8 Å². The zero-order chi connectivity index (χ0) is 9.00. The standard InChI is InChI=1S/2Li.H3O4P.H2O4S/c;;2*1-5(2,3)4/h;;(H3,1,2,3,4);(H2,1,2,3,4)/q2*+1;;/p-2. The fourth-order valence-electron chi connectivity index (χ4n) is 0. The summed E-state index contributed by atoms with van der Waals surface area (Å²) in [6, 6.07) is 0. The Morgan fingerprint density at radius 1 is 1.00 bits per heavy atom. The van der Waals surface area contributed by atoms with E-state index >= 15 is 0 Å². The van der Waals surface area contributed by atoms with Gasteiger partial charge in [-0.25, -0.2) is 4.57 Å². The fraction of sp³-hybridized carbons (Fsp3) is 0. The van der Waals surface area contributed by atoms with Gasteiger partial charge in [-0.3, -0.25) is 8.42 Å². The smallest absolute Gasteiger partial charge is 0.759 e. The average molecular weight is 208 g/mol. The third-order valence-electron chi connectivity index (χ3n) is 0. The van der Waals surface area contributed by atoms with Crippen LogP contribution in [0, 0.1) is 0 Å². The fourth-order valence-corrected chi connectivity index (χ4v) is 0. The van der Waals surface area contributed by atoms with Crippen molar-refractivity contribution in [2.45, 2.75) is 0 Å². The van der Waals surface area contributed by atoms with Crippen LogP contribution >= 0.6 is 7.82 Å². The molecule has 12 heavy (non-hydrogen) atoms. The van der Waals surface area contributed by atoms with Crippen molar-refractivity contribution >= 4 is 18.2 Å². The van der Waals surface area contributed by atoms with E-state index in [1.165, 1.54) is 0 Å². The van der Waals surface area contributed by atoms with Gasteiger partial charge in [0, 0.05) is 10.4 Å². The zero-order valence-electron chi connectivity index (χ0n) is 6.24. The van der Waals surface area contributed by atoms with Crippen LogP contribution < -0.4 is 37.7 Å². The van der Waals surface area contributed by atoms with Gasteiger partial charge in [0.05, 0.1) is 0 Å². The molecule has 8 nitrogen and oxygen atoms in total. The van der Waals surface area contributed by atoms with Gasteiger partial charge >= 0.3 is 45.5 Å². The van der Waals surface area contributed by atoms with Gasteiger partial charge in [-0.15, -0.1) is 0 Å². The van der Waals surface area contributed by atoms with Crippen molar-refractivity contribution in [2.24, 2.45) is 0 Å². The van der Waals surface area contributed by atoms with Crippen molar-refractivity contribution in [1.29, 1.82) is 0 Å². The molecule has 0 aromatic heterocycles. The second-order valence-electron chi connectivity index (χ2n) is 0.922. The van der Waals surface area contributed by atoms with E-state index in [-0.39, 0.29) is 37.7 Å². The Balaban J connectivity index is -0.0000000457. The molecule has 0 aromatic carbocycles. The SMILES string of the molecule is O=P(O)(O)O.O=S(=O)([O-])[O-].[Li+].[Li+]. The summed E-state index contributed by atoms with van der Waals surface area (Å²) in [5.41, 5.74) is 0. The topological polar surface area (TPSA) is 158 Å². The summed E-state index contributed by atoms with van der Waals surface area (Å²) >= 11 is 0. The Hall–Kier alpha value is 1.17. The van der Waals surface area contributed by atoms with E-state index in [2.05, 4.69) is 0 Å². The van der Waals surface area contributed by atoms with E-state index < -0.39 is 18.2 Å². The van der Waals surface area contributed by atoms with Crippen LogP contribution in [0.1, 0.15) is 0 Å². The summed E-state index contributed by atoms with van der Waals surface area (Å²) in [6.45, 7) is 0. The molecule has 0 atom stereocenters. The van der Waals surface area contributed by atoms with Gasteiger partial charge in [0.1, 0.15) is 0 Å². The summed E-state index contributed by atoms with van der Waals surface area (Å²) in [6.07, 6.45) is 0. The van der Waals surface area contributed by atoms with Crippen LogP contribution in [0.15, 0.2) is 0 Å². The minimum absolute atomic E-state index is 0. The van der Waals surface area contributed by atoms with Crippen molar-refractivity contribution in [3.05, 3.63) is 0 Å². The molecular weight excluding hydrogens is 205 g/mol. The van der Waals surface area contributed by atoms with Crippen LogP contribution in [0.25, 0.3) is 0 Å². The van der Waals surface area contributed by atoms with Crippen molar-refractivity contribution < 1.29 is 74.5 Å². The molecule has 0 spiro atoms. The molecule has 0 unspecified atom stereocenters. The van der Waals surface area contributed by atoms with E-state index in [1.807, 2.05) is 0 Å². The van der Waals surface area contributed by atoms with Gasteiger partial charge in [-0.05, 0) is 0 Å². The summed E-state index contributed by atoms with van der Waals surface area (Å²) in [7, 11) is -9.81. The maximum atomic E-state index is 8.88. The van der Waals surface area contributed by atoms with Gasteiger partial charge in [0.25, 0.3) is 0 Å². The van der Waals surface area contributed by atoms with Gasteiger partial charge < -0.3 is 23.8 Å². The summed E-state index contributed by atoms with van der Waals surface area (Å²) in [4.78, 5) is 21.6. The molecule has 0 rings (SSSR count). The van der Waals surface area contributed by atoms with Gasteiger partial charge in [0.2, 0.25) is 0 Å². The summed E-state index contributed by atoms with van der Waals surface area (Å²) in [5.74, 6) is 0. The number of phosphoric acid groups is 1. The first-order valence-electron chi connectivity index (χ1n) is 1.45. The van der Waals surface area contributed by atoms with E-state index in [0.717, 1.165) is 0 Å². The second kappa shape index (κ2) is 8.76. The molecule has 0 saturated carbocycles. The monoisotopic (exact) mass is 208 g/mol. The van der Waals surface area contributed by atoms with Gasteiger partial charge in [-0.2, -0.15) is 0 Å². The number of hydrogen-bond donors (Lipinski definition) is 3. The molecule has 0 radical (unpaired) electrons. The third kappa shape index (κ3) is 838. The molecule has 0 aliphatic rings. The molecule has 3 N–H and O–H groups in total. The van der Waals surface area contributed by atoms with Crippen LogP contribution in [-0.4, -0.2) is 32.2 Å². The molecule has 64 valence electrons. The summed E-state index contributed by atoms with van der Waals surface area (Å²) < 4.78 is 43.0. The molecule has 0 bridgehead atoms. The predicted molar refractivity (Wildman–Crippen MR) is 24.7 cm³/mol. The maximum Gasteiger partial charge on any atom is 1.00 e. The Bertz CT molecular complexity index is 195. The Labute approximate surface area is 92.5 Å². The van der Waals surface area contributed by atoms with Crippen LogP contribution in [-0.2, 0) is 15.0 Å². The molecule has 12 heteroatoms. The van der Waals surface area contributed by atoms with Crippen molar-refractivity contribution in [1.82, 2.24) is 0 Å². The van der Waals surface area contributed by atoms with E-state index in [9.17, 15) is 0 Å². The molecular formula is H3Li2O8PS. The Morgan fingerprint density at radius 2 is 1.00 bits per heavy atom. The van der Waals surface area contributed by atoms with Crippen LogP contribution in [0.2, 0.25) is 0 Å². The van der Waals surface area contributed by atoms with Crippen molar-refractivity contribution in [3.8, 4) is 0 Å². The first-order valence-corrected chi connectivity index (χ1v) is 4.35. The van der Waals surface area contributed by atoms with Crippen LogP contribution in [0.3, 0.4) is 0 Å². The molecule has 0 heterocycles. The minimum Gasteiger partial charge on any atom is -0.759 e. The van der Waals surface area contributed by atoms with Gasteiger partial charge in [-0.1, -0.05) is 0 Å². The normalized spacial score (nSPS) is 9.75. The Morgan fingerprint density at radius 3 is 1.00 bits per heavy atom. The predicted octanol–water partition coefficient (Wildman–Crippen LogP) is -8.26. The van der Waals surface area contributed by atoms with Crippen molar-refractivity contribution in [3.63, 3.8) is 0 Å². The maximum absolute atomic E-state index is 8.88. The van der Waals surface area contributed by atoms with E-state index in [1.54, 1.807) is 0 Å². The Kier molecular flexibility index (Phi) is 16.9. The molecule has 0 fully saturated rings. The average Bonchev–Trinajstić information content (AvgIpc) is 1.12. The third-order valence-corrected chi connectivity index (χ3v) is 0. The molecule has 0 saturated heterocycles. The van der Waals surface area contributed by atoms with Crippen LogP contribution in [0.4, 0.5) is 0 Å². The van der Waals surface area contributed by atoms with Crippen molar-refractivity contribution in [2.75, 3.05) is 0 Å². The second-order valence-corrected chi connectivity index (χ2v) is 2.76. The minimum atomic E-state index is -5.17. The first-order chi connectivity index (χ1) is 4.00. The molecule has 0 amide bonds. The molecule has 0 aliphatic carbocycles. The zero-order valence-corrected chi connectivity index (χ0v) is 7.95. The van der Waals surface area contributed by atoms with E-state index in [0.29, 0.717) is 0 Å². The largest absolute Gasteiger partial charge is 1.00 e. The van der Waals surface area contributed by atoms with Gasteiger partial charge in [0.15, 0.2) is 0 Å². The first kappa shape index (κ1) is 23.2. The molecule has 0 aromatic rings. The number of hydrogen-bond acceptors (Lipinski definition) is 5.